The van der Waals surface area contributed by atoms with Gasteiger partial charge in [-0.3, -0.25) is 24.6 Å². The summed E-state index contributed by atoms with van der Waals surface area (Å²) < 4.78 is 0. The van der Waals surface area contributed by atoms with Crippen LogP contribution >= 0.6 is 0 Å². The van der Waals surface area contributed by atoms with Crippen LogP contribution in [-0.2, 0) is 14.4 Å². The molecule has 0 bridgehead atoms. The molecule has 0 spiro atoms. The lowest BCUT2D eigenvalue weighted by atomic mass is 10.0. The molecule has 0 unspecified atom stereocenters. The SMILES string of the molecule is CC(C)CCC(=O)N([C@@H](CC=Cc1ccccc1)C(=O)NO)N(CC(C)C)C(=O)C1CNC1. The zero-order valence-electron chi connectivity index (χ0n) is 20.2. The first kappa shape index (κ1) is 26.5. The first-order valence-electron chi connectivity index (χ1n) is 11.7. The van der Waals surface area contributed by atoms with Gasteiger partial charge in [0.2, 0.25) is 11.8 Å². The fourth-order valence-electron chi connectivity index (χ4n) is 3.60. The Morgan fingerprint density at radius 3 is 2.30 bits per heavy atom. The first-order valence-corrected chi connectivity index (χ1v) is 11.7. The van der Waals surface area contributed by atoms with Crippen LogP contribution in [0, 0.1) is 17.8 Å². The summed E-state index contributed by atoms with van der Waals surface area (Å²) in [4.78, 5) is 39.5. The van der Waals surface area contributed by atoms with Gasteiger partial charge in [0.1, 0.15) is 6.04 Å². The Morgan fingerprint density at radius 1 is 1.12 bits per heavy atom. The Morgan fingerprint density at radius 2 is 1.79 bits per heavy atom. The Kier molecular flexibility index (Phi) is 10.5. The molecule has 0 aliphatic carbocycles. The van der Waals surface area contributed by atoms with E-state index in [1.165, 1.54) is 10.0 Å². The molecule has 1 saturated heterocycles. The minimum atomic E-state index is -1.05. The number of rotatable bonds is 11. The monoisotopic (exact) mass is 458 g/mol. The van der Waals surface area contributed by atoms with Gasteiger partial charge >= 0.3 is 0 Å². The lowest BCUT2D eigenvalue weighted by Gasteiger charge is -2.43. The van der Waals surface area contributed by atoms with Crippen molar-refractivity contribution in [2.45, 2.75) is 53.0 Å². The fourth-order valence-corrected chi connectivity index (χ4v) is 3.60. The zero-order valence-corrected chi connectivity index (χ0v) is 20.2. The molecule has 1 heterocycles. The topological polar surface area (TPSA) is 102 Å². The van der Waals surface area contributed by atoms with Gasteiger partial charge in [0, 0.05) is 26.1 Å². The molecule has 8 heteroatoms. The van der Waals surface area contributed by atoms with Crippen molar-refractivity contribution in [3.8, 4) is 0 Å². The van der Waals surface area contributed by atoms with E-state index in [0.717, 1.165) is 5.56 Å². The summed E-state index contributed by atoms with van der Waals surface area (Å²) in [5.74, 6) is -1.06. The lowest BCUT2D eigenvalue weighted by molar-refractivity contribution is -0.178. The smallest absolute Gasteiger partial charge is 0.268 e. The van der Waals surface area contributed by atoms with Crippen LogP contribution in [0.3, 0.4) is 0 Å². The minimum absolute atomic E-state index is 0.0834. The van der Waals surface area contributed by atoms with E-state index >= 15 is 0 Å². The molecule has 33 heavy (non-hydrogen) atoms. The molecule has 1 atom stereocenters. The van der Waals surface area contributed by atoms with Crippen molar-refractivity contribution in [2.24, 2.45) is 17.8 Å². The second kappa shape index (κ2) is 13.1. The average Bonchev–Trinajstić information content (AvgIpc) is 2.74. The van der Waals surface area contributed by atoms with E-state index in [1.807, 2.05) is 64.1 Å². The van der Waals surface area contributed by atoms with Crippen LogP contribution in [0.15, 0.2) is 36.4 Å². The summed E-state index contributed by atoms with van der Waals surface area (Å²) >= 11 is 0. The van der Waals surface area contributed by atoms with Gasteiger partial charge in [-0.1, -0.05) is 70.2 Å². The number of hydrogen-bond donors (Lipinski definition) is 3. The van der Waals surface area contributed by atoms with Gasteiger partial charge in [0.05, 0.1) is 5.92 Å². The van der Waals surface area contributed by atoms with E-state index in [9.17, 15) is 19.6 Å². The van der Waals surface area contributed by atoms with Crippen molar-refractivity contribution in [2.75, 3.05) is 19.6 Å². The molecule has 0 radical (unpaired) electrons. The van der Waals surface area contributed by atoms with Gasteiger partial charge < -0.3 is 5.32 Å². The maximum absolute atomic E-state index is 13.4. The normalized spacial score (nSPS) is 14.9. The van der Waals surface area contributed by atoms with Gasteiger partial charge in [-0.05, 0) is 30.2 Å². The van der Waals surface area contributed by atoms with Crippen LogP contribution in [0.5, 0.6) is 0 Å². The van der Waals surface area contributed by atoms with E-state index in [2.05, 4.69) is 5.32 Å². The molecule has 0 saturated carbocycles. The Balaban J connectivity index is 2.39. The molecule has 182 valence electrons. The van der Waals surface area contributed by atoms with Crippen molar-refractivity contribution in [3.05, 3.63) is 42.0 Å². The highest BCUT2D eigenvalue weighted by atomic mass is 16.5. The standard InChI is InChI=1S/C25H38N4O4/c1-18(2)13-14-23(30)29(28(17-19(3)4)25(32)21-15-26-16-21)22(24(31)27-33)12-8-11-20-9-6-5-7-10-20/h5-11,18-19,21-22,26,33H,12-17H2,1-4H3,(H,27,31)/t22-/m0/s1. The molecule has 1 aliphatic rings. The highest BCUT2D eigenvalue weighted by Crippen LogP contribution is 2.21. The molecule has 0 aromatic heterocycles. The van der Waals surface area contributed by atoms with Crippen molar-refractivity contribution < 1.29 is 19.6 Å². The molecule has 1 aliphatic heterocycles. The summed E-state index contributed by atoms with van der Waals surface area (Å²) in [7, 11) is 0. The highest BCUT2D eigenvalue weighted by Gasteiger charge is 2.39. The largest absolute Gasteiger partial charge is 0.315 e. The maximum Gasteiger partial charge on any atom is 0.268 e. The number of carbonyl (C=O) groups excluding carboxylic acids is 3. The molecule has 3 N–H and O–H groups in total. The molecule has 8 nitrogen and oxygen atoms in total. The summed E-state index contributed by atoms with van der Waals surface area (Å²) in [5, 5.41) is 15.3. The van der Waals surface area contributed by atoms with Gasteiger partial charge in [0.15, 0.2) is 0 Å². The summed E-state index contributed by atoms with van der Waals surface area (Å²) in [6.07, 6.45) is 4.65. The number of amides is 3. The summed E-state index contributed by atoms with van der Waals surface area (Å²) in [5.41, 5.74) is 2.65. The number of hydroxylamine groups is 1. The molecule has 3 amide bonds. The number of carbonyl (C=O) groups is 3. The predicted molar refractivity (Wildman–Crippen MR) is 128 cm³/mol. The highest BCUT2D eigenvalue weighted by molar-refractivity contribution is 5.90. The van der Waals surface area contributed by atoms with Crippen molar-refractivity contribution in [1.29, 1.82) is 0 Å². The summed E-state index contributed by atoms with van der Waals surface area (Å²) in [6, 6.07) is 8.55. The van der Waals surface area contributed by atoms with E-state index < -0.39 is 11.9 Å². The molecule has 1 aromatic rings. The van der Waals surface area contributed by atoms with E-state index in [-0.39, 0.29) is 36.5 Å². The third kappa shape index (κ3) is 7.98. The van der Waals surface area contributed by atoms with Crippen LogP contribution in [0.2, 0.25) is 0 Å². The van der Waals surface area contributed by atoms with Gasteiger partial charge in [-0.2, -0.15) is 0 Å². The predicted octanol–water partition coefficient (Wildman–Crippen LogP) is 2.85. The van der Waals surface area contributed by atoms with Crippen LogP contribution in [0.25, 0.3) is 6.08 Å². The number of hydrogen-bond acceptors (Lipinski definition) is 5. The van der Waals surface area contributed by atoms with Crippen molar-refractivity contribution in [3.63, 3.8) is 0 Å². The first-order chi connectivity index (χ1) is 15.7. The zero-order chi connectivity index (χ0) is 24.4. The summed E-state index contributed by atoms with van der Waals surface area (Å²) in [6.45, 7) is 9.38. The van der Waals surface area contributed by atoms with Crippen molar-refractivity contribution >= 4 is 23.8 Å². The quantitative estimate of drug-likeness (QED) is 0.350. The van der Waals surface area contributed by atoms with Crippen molar-refractivity contribution in [1.82, 2.24) is 20.8 Å². The number of hydrazine groups is 1. The van der Waals surface area contributed by atoms with Crippen LogP contribution < -0.4 is 10.8 Å². The maximum atomic E-state index is 13.4. The number of nitrogens with zero attached hydrogens (tertiary/aromatic N) is 2. The lowest BCUT2D eigenvalue weighted by Crippen LogP contribution is -2.63. The van der Waals surface area contributed by atoms with Crippen LogP contribution in [0.1, 0.15) is 52.5 Å². The average molecular weight is 459 g/mol. The second-order valence-corrected chi connectivity index (χ2v) is 9.38. The van der Waals surface area contributed by atoms with Gasteiger partial charge in [-0.15, -0.1) is 0 Å². The molecular formula is C25H38N4O4. The second-order valence-electron chi connectivity index (χ2n) is 9.38. The Bertz CT molecular complexity index is 806. The van der Waals surface area contributed by atoms with Crippen LogP contribution in [0.4, 0.5) is 0 Å². The number of nitrogens with one attached hydrogen (secondary N) is 2. The Hall–Kier alpha value is -2.71. The minimum Gasteiger partial charge on any atom is -0.315 e. The van der Waals surface area contributed by atoms with Gasteiger partial charge in [-0.25, -0.2) is 10.5 Å². The number of benzene rings is 1. The van der Waals surface area contributed by atoms with Crippen LogP contribution in [-0.4, -0.2) is 58.6 Å². The fraction of sp³-hybridized carbons (Fsp3) is 0.560. The van der Waals surface area contributed by atoms with E-state index in [4.69, 9.17) is 0 Å². The van der Waals surface area contributed by atoms with E-state index in [0.29, 0.717) is 32.0 Å². The molecule has 1 fully saturated rings. The van der Waals surface area contributed by atoms with E-state index in [1.54, 1.807) is 11.6 Å². The molecule has 1 aromatic carbocycles. The molecule has 2 rings (SSSR count). The third-order valence-corrected chi connectivity index (χ3v) is 5.55. The third-order valence-electron chi connectivity index (χ3n) is 5.55. The molecular weight excluding hydrogens is 420 g/mol. The van der Waals surface area contributed by atoms with Gasteiger partial charge in [0.25, 0.3) is 5.91 Å². The Labute approximate surface area is 196 Å².